The Kier molecular flexibility index (Phi) is 6.75. The summed E-state index contributed by atoms with van der Waals surface area (Å²) in [6, 6.07) is 2.00. The second-order valence-corrected chi connectivity index (χ2v) is 5.51. The summed E-state index contributed by atoms with van der Waals surface area (Å²) in [4.78, 5) is 13.5. The molecule has 0 N–H and O–H groups in total. The molecule has 0 amide bonds. The third-order valence-electron chi connectivity index (χ3n) is 2.53. The third-order valence-corrected chi connectivity index (χ3v) is 3.30. The Bertz CT molecular complexity index is 538. The summed E-state index contributed by atoms with van der Waals surface area (Å²) >= 11 is 1.61. The molecule has 2 aromatic rings. The highest BCUT2D eigenvalue weighted by molar-refractivity contribution is 7.09. The molecule has 0 bridgehead atoms. The van der Waals surface area contributed by atoms with Crippen LogP contribution in [0.3, 0.4) is 0 Å². The Morgan fingerprint density at radius 1 is 1.20 bits per heavy atom. The molecule has 0 aliphatic rings. The molecular formula is C15H23N3OS. The summed E-state index contributed by atoms with van der Waals surface area (Å²) in [7, 11) is 1.67. The van der Waals surface area contributed by atoms with E-state index in [9.17, 15) is 0 Å². The zero-order valence-corrected chi connectivity index (χ0v) is 13.9. The van der Waals surface area contributed by atoms with Crippen molar-refractivity contribution in [3.05, 3.63) is 27.8 Å². The minimum absolute atomic E-state index is 0.363. The van der Waals surface area contributed by atoms with E-state index in [1.165, 1.54) is 0 Å². The predicted octanol–water partition coefficient (Wildman–Crippen LogP) is 4.20. The van der Waals surface area contributed by atoms with Gasteiger partial charge in [0, 0.05) is 18.2 Å². The fraction of sp³-hybridized carbons (Fsp3) is 0.533. The first-order valence-electron chi connectivity index (χ1n) is 6.89. The van der Waals surface area contributed by atoms with E-state index >= 15 is 0 Å². The van der Waals surface area contributed by atoms with Crippen LogP contribution in [0.1, 0.15) is 50.0 Å². The Morgan fingerprint density at radius 3 is 2.40 bits per heavy atom. The van der Waals surface area contributed by atoms with Gasteiger partial charge in [-0.3, -0.25) is 0 Å². The van der Waals surface area contributed by atoms with Crippen LogP contribution in [0.2, 0.25) is 0 Å². The lowest BCUT2D eigenvalue weighted by atomic mass is 10.1. The Morgan fingerprint density at radius 2 is 1.90 bits per heavy atom. The number of hydrogen-bond acceptors (Lipinski definition) is 5. The van der Waals surface area contributed by atoms with Gasteiger partial charge in [-0.15, -0.1) is 11.3 Å². The van der Waals surface area contributed by atoms with E-state index in [0.29, 0.717) is 18.3 Å². The van der Waals surface area contributed by atoms with E-state index in [0.717, 1.165) is 22.1 Å². The third kappa shape index (κ3) is 4.35. The van der Waals surface area contributed by atoms with Crippen molar-refractivity contribution in [2.24, 2.45) is 0 Å². The Labute approximate surface area is 125 Å². The quantitative estimate of drug-likeness (QED) is 0.847. The molecule has 0 aliphatic carbocycles. The van der Waals surface area contributed by atoms with E-state index in [2.05, 4.69) is 28.8 Å². The Balaban J connectivity index is 0.000000956. The van der Waals surface area contributed by atoms with Gasteiger partial charge in [0.1, 0.15) is 5.69 Å². The standard InChI is InChI=1S/C13H17N3OS.C2H6/c1-8(2)11-5-10(6-17-4)15-13(16-11)12-7-18-9(3)14-12;1-2/h5,7-8H,6H2,1-4H3;1-2H3. The lowest BCUT2D eigenvalue weighted by molar-refractivity contribution is 0.181. The summed E-state index contributed by atoms with van der Waals surface area (Å²) < 4.78 is 5.15. The number of thiazole rings is 1. The Hall–Kier alpha value is -1.33. The van der Waals surface area contributed by atoms with Crippen molar-refractivity contribution in [2.45, 2.75) is 47.1 Å². The zero-order valence-electron chi connectivity index (χ0n) is 13.1. The molecule has 0 saturated heterocycles. The highest BCUT2D eigenvalue weighted by Gasteiger charge is 2.11. The maximum absolute atomic E-state index is 5.15. The van der Waals surface area contributed by atoms with Gasteiger partial charge in [0.25, 0.3) is 0 Å². The van der Waals surface area contributed by atoms with Crippen LogP contribution in [0, 0.1) is 6.92 Å². The van der Waals surface area contributed by atoms with E-state index in [4.69, 9.17) is 4.74 Å². The molecule has 2 heterocycles. The van der Waals surface area contributed by atoms with Gasteiger partial charge >= 0.3 is 0 Å². The van der Waals surface area contributed by atoms with Crippen LogP contribution in [-0.4, -0.2) is 22.1 Å². The number of nitrogens with zero attached hydrogens (tertiary/aromatic N) is 3. The lowest BCUT2D eigenvalue weighted by Crippen LogP contribution is -2.03. The van der Waals surface area contributed by atoms with Crippen LogP contribution in [0.4, 0.5) is 0 Å². The van der Waals surface area contributed by atoms with Crippen LogP contribution >= 0.6 is 11.3 Å². The molecule has 0 unspecified atom stereocenters. The second-order valence-electron chi connectivity index (χ2n) is 4.45. The number of aryl methyl sites for hydroxylation is 1. The van der Waals surface area contributed by atoms with E-state index < -0.39 is 0 Å². The molecule has 4 nitrogen and oxygen atoms in total. The average molecular weight is 293 g/mol. The van der Waals surface area contributed by atoms with Crippen LogP contribution in [0.5, 0.6) is 0 Å². The highest BCUT2D eigenvalue weighted by Crippen LogP contribution is 2.21. The summed E-state index contributed by atoms with van der Waals surface area (Å²) in [6.45, 7) is 10.7. The van der Waals surface area contributed by atoms with Crippen molar-refractivity contribution in [3.63, 3.8) is 0 Å². The number of methoxy groups -OCH3 is 1. The maximum atomic E-state index is 5.15. The monoisotopic (exact) mass is 293 g/mol. The summed E-state index contributed by atoms with van der Waals surface area (Å²) in [5.74, 6) is 1.06. The van der Waals surface area contributed by atoms with Crippen molar-refractivity contribution in [3.8, 4) is 11.5 Å². The topological polar surface area (TPSA) is 47.9 Å². The van der Waals surface area contributed by atoms with Gasteiger partial charge in [-0.05, 0) is 18.9 Å². The molecule has 0 spiro atoms. The van der Waals surface area contributed by atoms with Gasteiger partial charge in [0.15, 0.2) is 5.82 Å². The van der Waals surface area contributed by atoms with E-state index in [1.54, 1.807) is 18.4 Å². The summed E-state index contributed by atoms with van der Waals surface area (Å²) in [6.07, 6.45) is 0. The first-order valence-corrected chi connectivity index (χ1v) is 7.77. The van der Waals surface area contributed by atoms with Gasteiger partial charge in [0.05, 0.1) is 17.3 Å². The molecule has 2 aromatic heterocycles. The number of ether oxygens (including phenoxy) is 1. The fourth-order valence-corrected chi connectivity index (χ4v) is 2.21. The van der Waals surface area contributed by atoms with Crippen LogP contribution in [0.15, 0.2) is 11.4 Å². The van der Waals surface area contributed by atoms with E-state index in [1.807, 2.05) is 32.2 Å². The lowest BCUT2D eigenvalue weighted by Gasteiger charge is -2.08. The molecule has 110 valence electrons. The smallest absolute Gasteiger partial charge is 0.179 e. The first-order chi connectivity index (χ1) is 9.60. The molecule has 0 atom stereocenters. The SMILES string of the molecule is CC.COCc1cc(C(C)C)nc(-c2csc(C)n2)n1. The molecule has 0 aliphatic heterocycles. The van der Waals surface area contributed by atoms with Crippen molar-refractivity contribution < 1.29 is 4.74 Å². The largest absolute Gasteiger partial charge is 0.378 e. The van der Waals surface area contributed by atoms with Gasteiger partial charge in [-0.25, -0.2) is 15.0 Å². The molecule has 0 saturated carbocycles. The van der Waals surface area contributed by atoms with Crippen LogP contribution in [-0.2, 0) is 11.3 Å². The predicted molar refractivity (Wildman–Crippen MR) is 84.0 cm³/mol. The van der Waals surface area contributed by atoms with Crippen molar-refractivity contribution in [1.82, 2.24) is 15.0 Å². The number of hydrogen-bond donors (Lipinski definition) is 0. The zero-order chi connectivity index (χ0) is 15.1. The number of aromatic nitrogens is 3. The van der Waals surface area contributed by atoms with Gasteiger partial charge in [0.2, 0.25) is 0 Å². The molecule has 20 heavy (non-hydrogen) atoms. The fourth-order valence-electron chi connectivity index (χ4n) is 1.62. The number of rotatable bonds is 4. The van der Waals surface area contributed by atoms with Gasteiger partial charge in [-0.2, -0.15) is 0 Å². The van der Waals surface area contributed by atoms with E-state index in [-0.39, 0.29) is 0 Å². The first kappa shape index (κ1) is 16.7. The van der Waals surface area contributed by atoms with Crippen molar-refractivity contribution in [1.29, 1.82) is 0 Å². The molecule has 0 aromatic carbocycles. The summed E-state index contributed by atoms with van der Waals surface area (Å²) in [5, 5.41) is 3.02. The molecule has 5 heteroatoms. The highest BCUT2D eigenvalue weighted by atomic mass is 32.1. The van der Waals surface area contributed by atoms with Gasteiger partial charge < -0.3 is 4.74 Å². The minimum Gasteiger partial charge on any atom is -0.378 e. The van der Waals surface area contributed by atoms with Crippen molar-refractivity contribution in [2.75, 3.05) is 7.11 Å². The second kappa shape index (κ2) is 8.07. The molecule has 0 fully saturated rings. The van der Waals surface area contributed by atoms with Crippen LogP contribution in [0.25, 0.3) is 11.5 Å². The minimum atomic E-state index is 0.363. The van der Waals surface area contributed by atoms with Crippen molar-refractivity contribution >= 4 is 11.3 Å². The molecular weight excluding hydrogens is 270 g/mol. The van der Waals surface area contributed by atoms with Crippen LogP contribution < -0.4 is 0 Å². The average Bonchev–Trinajstić information content (AvgIpc) is 2.88. The summed E-state index contributed by atoms with van der Waals surface area (Å²) in [5.41, 5.74) is 2.77. The normalized spacial score (nSPS) is 10.3. The molecule has 2 rings (SSSR count). The molecule has 0 radical (unpaired) electrons. The maximum Gasteiger partial charge on any atom is 0.179 e. The van der Waals surface area contributed by atoms with Gasteiger partial charge in [-0.1, -0.05) is 27.7 Å².